The van der Waals surface area contributed by atoms with Crippen LogP contribution in [0.1, 0.15) is 35.9 Å². The molecule has 0 N–H and O–H groups in total. The van der Waals surface area contributed by atoms with Crippen LogP contribution in [-0.2, 0) is 6.42 Å². The zero-order valence-electron chi connectivity index (χ0n) is 11.8. The topological polar surface area (TPSA) is 50.5 Å². The quantitative estimate of drug-likeness (QED) is 0.797. The van der Waals surface area contributed by atoms with Gasteiger partial charge in [-0.05, 0) is 50.5 Å². The molecule has 2 aromatic heterocycles. The summed E-state index contributed by atoms with van der Waals surface area (Å²) in [6.45, 7) is 5.73. The molecule has 0 aliphatic carbocycles. The highest BCUT2D eigenvalue weighted by molar-refractivity contribution is 5.74. The molecule has 1 saturated heterocycles. The van der Waals surface area contributed by atoms with Crippen LogP contribution in [0.2, 0.25) is 0 Å². The Morgan fingerprint density at radius 2 is 2.15 bits per heavy atom. The average molecular weight is 272 g/mol. The fourth-order valence-electron chi connectivity index (χ4n) is 2.87. The van der Waals surface area contributed by atoms with Gasteiger partial charge in [-0.3, -0.25) is 4.79 Å². The lowest BCUT2D eigenvalue weighted by Gasteiger charge is -2.30. The van der Waals surface area contributed by atoms with Gasteiger partial charge in [-0.25, -0.2) is 9.50 Å². The SMILES string of the molecule is CCN1CCC(Cc2nc3ccc(C=O)cn3n2)CC1. The largest absolute Gasteiger partial charge is 0.304 e. The second-order valence-corrected chi connectivity index (χ2v) is 5.49. The summed E-state index contributed by atoms with van der Waals surface area (Å²) < 4.78 is 1.71. The van der Waals surface area contributed by atoms with Crippen molar-refractivity contribution < 1.29 is 4.79 Å². The number of hydrogen-bond donors (Lipinski definition) is 0. The summed E-state index contributed by atoms with van der Waals surface area (Å²) in [6, 6.07) is 3.63. The van der Waals surface area contributed by atoms with E-state index in [9.17, 15) is 4.79 Å². The predicted molar refractivity (Wildman–Crippen MR) is 76.9 cm³/mol. The smallest absolute Gasteiger partial charge is 0.155 e. The summed E-state index contributed by atoms with van der Waals surface area (Å²) in [6.07, 6.45) is 5.96. The maximum absolute atomic E-state index is 10.8. The molecule has 0 spiro atoms. The van der Waals surface area contributed by atoms with E-state index in [1.54, 1.807) is 16.8 Å². The van der Waals surface area contributed by atoms with Crippen LogP contribution in [0.5, 0.6) is 0 Å². The lowest BCUT2D eigenvalue weighted by molar-refractivity contribution is 0.112. The Bertz CT molecular complexity index is 599. The van der Waals surface area contributed by atoms with Crippen LogP contribution < -0.4 is 0 Å². The van der Waals surface area contributed by atoms with E-state index < -0.39 is 0 Å². The standard InChI is InChI=1S/C15H20N4O/c1-2-18-7-5-12(6-8-18)9-14-16-15-4-3-13(11-20)10-19(15)17-14/h3-4,10-12H,2,5-9H2,1H3. The molecule has 0 unspecified atom stereocenters. The van der Waals surface area contributed by atoms with E-state index in [2.05, 4.69) is 21.9 Å². The van der Waals surface area contributed by atoms with E-state index in [0.29, 0.717) is 11.5 Å². The molecular formula is C15H20N4O. The molecule has 3 rings (SSSR count). The molecule has 3 heterocycles. The highest BCUT2D eigenvalue weighted by Crippen LogP contribution is 2.20. The second-order valence-electron chi connectivity index (χ2n) is 5.49. The molecule has 0 amide bonds. The average Bonchev–Trinajstić information content (AvgIpc) is 2.89. The molecule has 1 aliphatic rings. The fraction of sp³-hybridized carbons (Fsp3) is 0.533. The van der Waals surface area contributed by atoms with Gasteiger partial charge < -0.3 is 4.90 Å². The molecule has 5 nitrogen and oxygen atoms in total. The maximum Gasteiger partial charge on any atom is 0.155 e. The molecule has 0 aromatic carbocycles. The molecule has 0 atom stereocenters. The van der Waals surface area contributed by atoms with Gasteiger partial charge in [0, 0.05) is 18.2 Å². The molecule has 5 heteroatoms. The van der Waals surface area contributed by atoms with E-state index in [1.165, 1.54) is 25.9 Å². The van der Waals surface area contributed by atoms with Crippen molar-refractivity contribution in [2.24, 2.45) is 5.92 Å². The number of pyridine rings is 1. The summed E-state index contributed by atoms with van der Waals surface area (Å²) in [4.78, 5) is 17.8. The minimum atomic E-state index is 0.630. The number of hydrogen-bond acceptors (Lipinski definition) is 4. The van der Waals surface area contributed by atoms with Crippen LogP contribution in [0, 0.1) is 5.92 Å². The van der Waals surface area contributed by atoms with Crippen LogP contribution in [0.4, 0.5) is 0 Å². The van der Waals surface area contributed by atoms with Crippen molar-refractivity contribution >= 4 is 11.9 Å². The Kier molecular flexibility index (Phi) is 3.78. The predicted octanol–water partition coefficient (Wildman–Crippen LogP) is 1.82. The van der Waals surface area contributed by atoms with Gasteiger partial charge in [0.25, 0.3) is 0 Å². The summed E-state index contributed by atoms with van der Waals surface area (Å²) >= 11 is 0. The minimum Gasteiger partial charge on any atom is -0.304 e. The van der Waals surface area contributed by atoms with Crippen LogP contribution in [0.15, 0.2) is 18.3 Å². The number of piperidine rings is 1. The molecule has 1 fully saturated rings. The first-order valence-corrected chi connectivity index (χ1v) is 7.31. The number of fused-ring (bicyclic) bond motifs is 1. The summed E-state index contributed by atoms with van der Waals surface area (Å²) in [5.74, 6) is 1.57. The van der Waals surface area contributed by atoms with Gasteiger partial charge in [-0.2, -0.15) is 5.10 Å². The van der Waals surface area contributed by atoms with Gasteiger partial charge in [0.2, 0.25) is 0 Å². The van der Waals surface area contributed by atoms with Gasteiger partial charge in [0.15, 0.2) is 17.8 Å². The van der Waals surface area contributed by atoms with Crippen molar-refractivity contribution in [3.05, 3.63) is 29.7 Å². The Morgan fingerprint density at radius 1 is 1.35 bits per heavy atom. The highest BCUT2D eigenvalue weighted by atomic mass is 16.1. The first-order chi connectivity index (χ1) is 9.78. The van der Waals surface area contributed by atoms with Gasteiger partial charge in [0.05, 0.1) is 0 Å². The Hall–Kier alpha value is -1.75. The van der Waals surface area contributed by atoms with Crippen molar-refractivity contribution in [3.8, 4) is 0 Å². The van der Waals surface area contributed by atoms with Crippen LogP contribution in [-0.4, -0.2) is 45.4 Å². The normalized spacial score (nSPS) is 17.6. The Labute approximate surface area is 118 Å². The summed E-state index contributed by atoms with van der Waals surface area (Å²) in [5, 5.41) is 4.49. The van der Waals surface area contributed by atoms with Crippen molar-refractivity contribution in [1.82, 2.24) is 19.5 Å². The number of carbonyl (C=O) groups excluding carboxylic acids is 1. The molecule has 20 heavy (non-hydrogen) atoms. The maximum atomic E-state index is 10.8. The molecule has 0 radical (unpaired) electrons. The van der Waals surface area contributed by atoms with E-state index in [0.717, 1.165) is 30.7 Å². The van der Waals surface area contributed by atoms with Crippen LogP contribution in [0.3, 0.4) is 0 Å². The number of likely N-dealkylation sites (tertiary alicyclic amines) is 1. The van der Waals surface area contributed by atoms with Crippen molar-refractivity contribution in [3.63, 3.8) is 0 Å². The van der Waals surface area contributed by atoms with Crippen molar-refractivity contribution in [2.75, 3.05) is 19.6 Å². The molecule has 0 bridgehead atoms. The third-order valence-corrected chi connectivity index (χ3v) is 4.16. The molecular weight excluding hydrogens is 252 g/mol. The molecule has 106 valence electrons. The number of rotatable bonds is 4. The highest BCUT2D eigenvalue weighted by Gasteiger charge is 2.20. The number of nitrogens with zero attached hydrogens (tertiary/aromatic N) is 4. The Balaban J connectivity index is 1.70. The fourth-order valence-corrected chi connectivity index (χ4v) is 2.87. The van der Waals surface area contributed by atoms with Gasteiger partial charge in [-0.15, -0.1) is 0 Å². The monoisotopic (exact) mass is 272 g/mol. The number of aromatic nitrogens is 3. The molecule has 0 saturated carbocycles. The third kappa shape index (κ3) is 2.72. The number of aldehydes is 1. The van der Waals surface area contributed by atoms with E-state index >= 15 is 0 Å². The first kappa shape index (κ1) is 13.2. The van der Waals surface area contributed by atoms with Gasteiger partial charge >= 0.3 is 0 Å². The van der Waals surface area contributed by atoms with Crippen molar-refractivity contribution in [2.45, 2.75) is 26.2 Å². The molecule has 2 aromatic rings. The zero-order chi connectivity index (χ0) is 13.9. The number of carbonyl (C=O) groups is 1. The van der Waals surface area contributed by atoms with Crippen molar-refractivity contribution in [1.29, 1.82) is 0 Å². The third-order valence-electron chi connectivity index (χ3n) is 4.16. The lowest BCUT2D eigenvalue weighted by atomic mass is 9.93. The first-order valence-electron chi connectivity index (χ1n) is 7.31. The van der Waals surface area contributed by atoms with Crippen LogP contribution in [0.25, 0.3) is 5.65 Å². The second kappa shape index (κ2) is 5.71. The Morgan fingerprint density at radius 3 is 2.85 bits per heavy atom. The van der Waals surface area contributed by atoms with E-state index in [-0.39, 0.29) is 0 Å². The van der Waals surface area contributed by atoms with Gasteiger partial charge in [-0.1, -0.05) is 6.92 Å². The lowest BCUT2D eigenvalue weighted by Crippen LogP contribution is -2.34. The van der Waals surface area contributed by atoms with Gasteiger partial charge in [0.1, 0.15) is 0 Å². The zero-order valence-corrected chi connectivity index (χ0v) is 11.8. The van der Waals surface area contributed by atoms with E-state index in [1.807, 2.05) is 6.07 Å². The summed E-state index contributed by atoms with van der Waals surface area (Å²) in [7, 11) is 0. The van der Waals surface area contributed by atoms with E-state index in [4.69, 9.17) is 0 Å². The molecule has 1 aliphatic heterocycles. The van der Waals surface area contributed by atoms with Crippen LogP contribution >= 0.6 is 0 Å². The minimum absolute atomic E-state index is 0.630. The summed E-state index contributed by atoms with van der Waals surface area (Å²) in [5.41, 5.74) is 1.45.